The van der Waals surface area contributed by atoms with Crippen molar-refractivity contribution in [2.75, 3.05) is 47.9 Å². The summed E-state index contributed by atoms with van der Waals surface area (Å²) in [6.07, 6.45) is 1.92. The Balaban J connectivity index is 2.64. The Morgan fingerprint density at radius 3 is 2.39 bits per heavy atom. The van der Waals surface area contributed by atoms with Gasteiger partial charge >= 0.3 is 0 Å². The summed E-state index contributed by atoms with van der Waals surface area (Å²) in [6, 6.07) is 0.217. The summed E-state index contributed by atoms with van der Waals surface area (Å²) in [4.78, 5) is 30.7. The zero-order valence-electron chi connectivity index (χ0n) is 14.8. The van der Waals surface area contributed by atoms with E-state index in [-0.39, 0.29) is 37.0 Å². The van der Waals surface area contributed by atoms with Gasteiger partial charge in [0.15, 0.2) is 5.96 Å². The molecule has 0 bridgehead atoms. The first-order chi connectivity index (χ1) is 10.8. The van der Waals surface area contributed by atoms with Gasteiger partial charge in [-0.1, -0.05) is 0 Å². The maximum atomic E-state index is 11.7. The molecule has 2 unspecified atom stereocenters. The lowest BCUT2D eigenvalue weighted by Crippen LogP contribution is -2.49. The highest BCUT2D eigenvalue weighted by atomic mass is 16.5. The van der Waals surface area contributed by atoms with Crippen molar-refractivity contribution in [1.82, 2.24) is 20.4 Å². The number of likely N-dealkylation sites (N-methyl/N-ethyl adjacent to an activating group) is 2. The molecule has 1 fully saturated rings. The fourth-order valence-electron chi connectivity index (χ4n) is 2.08. The van der Waals surface area contributed by atoms with Gasteiger partial charge in [0.2, 0.25) is 11.8 Å². The lowest BCUT2D eigenvalue weighted by molar-refractivity contribution is -0.127. The summed E-state index contributed by atoms with van der Waals surface area (Å²) in [7, 11) is 6.77. The zero-order valence-corrected chi connectivity index (χ0v) is 14.8. The molecule has 2 atom stereocenters. The standard InChI is InChI=1S/C15H29N5O3/c1-11-8-12(6-7-23-11)18-15(16-9-13(21)19(2)3)17-10-14(22)20(4)5/h11-12H,6-10H2,1-5H3,(H2,16,17,18). The summed E-state index contributed by atoms with van der Waals surface area (Å²) in [5.74, 6) is 0.332. The number of guanidine groups is 1. The highest BCUT2D eigenvalue weighted by Crippen LogP contribution is 2.12. The van der Waals surface area contributed by atoms with Crippen molar-refractivity contribution in [2.24, 2.45) is 4.99 Å². The number of amides is 2. The highest BCUT2D eigenvalue weighted by molar-refractivity contribution is 5.88. The number of nitrogens with one attached hydrogen (secondary N) is 2. The Morgan fingerprint density at radius 2 is 1.83 bits per heavy atom. The van der Waals surface area contributed by atoms with E-state index in [4.69, 9.17) is 4.74 Å². The van der Waals surface area contributed by atoms with Crippen LogP contribution in [0.25, 0.3) is 0 Å². The minimum Gasteiger partial charge on any atom is -0.378 e. The Bertz CT molecular complexity index is 437. The second-order valence-corrected chi connectivity index (χ2v) is 6.14. The largest absolute Gasteiger partial charge is 0.378 e. The van der Waals surface area contributed by atoms with E-state index in [9.17, 15) is 9.59 Å². The molecule has 1 aliphatic heterocycles. The molecule has 2 N–H and O–H groups in total. The van der Waals surface area contributed by atoms with Crippen LogP contribution in [0.1, 0.15) is 19.8 Å². The Hall–Kier alpha value is -1.83. The summed E-state index contributed by atoms with van der Waals surface area (Å²) in [6.45, 7) is 2.90. The molecule has 0 saturated carbocycles. The van der Waals surface area contributed by atoms with Gasteiger partial charge in [-0.25, -0.2) is 4.99 Å². The van der Waals surface area contributed by atoms with Crippen LogP contribution in [-0.2, 0) is 14.3 Å². The van der Waals surface area contributed by atoms with Gasteiger partial charge in [-0.05, 0) is 19.8 Å². The van der Waals surface area contributed by atoms with Crippen LogP contribution in [0.4, 0.5) is 0 Å². The van der Waals surface area contributed by atoms with Crippen molar-refractivity contribution in [2.45, 2.75) is 31.9 Å². The average molecular weight is 327 g/mol. The lowest BCUT2D eigenvalue weighted by atomic mass is 10.0. The van der Waals surface area contributed by atoms with E-state index in [1.54, 1.807) is 28.2 Å². The minimum atomic E-state index is -0.0922. The minimum absolute atomic E-state index is 0.0390. The van der Waals surface area contributed by atoms with Crippen LogP contribution >= 0.6 is 0 Å². The third kappa shape index (κ3) is 7.32. The second kappa shape index (κ2) is 9.34. The third-order valence-electron chi connectivity index (χ3n) is 3.60. The summed E-state index contributed by atoms with van der Waals surface area (Å²) in [5, 5.41) is 6.29. The molecule has 1 rings (SSSR count). The van der Waals surface area contributed by atoms with Crippen molar-refractivity contribution in [3.05, 3.63) is 0 Å². The topological polar surface area (TPSA) is 86.3 Å². The van der Waals surface area contributed by atoms with Crippen LogP contribution in [0.5, 0.6) is 0 Å². The van der Waals surface area contributed by atoms with Crippen molar-refractivity contribution < 1.29 is 14.3 Å². The molecular formula is C15H29N5O3. The predicted molar refractivity (Wildman–Crippen MR) is 89.3 cm³/mol. The van der Waals surface area contributed by atoms with E-state index in [1.807, 2.05) is 6.92 Å². The Kier molecular flexibility index (Phi) is 7.80. The molecule has 0 aromatic carbocycles. The predicted octanol–water partition coefficient (Wildman–Crippen LogP) is -0.734. The van der Waals surface area contributed by atoms with E-state index in [2.05, 4.69) is 15.6 Å². The molecule has 23 heavy (non-hydrogen) atoms. The number of nitrogens with zero attached hydrogens (tertiary/aromatic N) is 3. The fourth-order valence-corrected chi connectivity index (χ4v) is 2.08. The third-order valence-corrected chi connectivity index (χ3v) is 3.60. The number of ether oxygens (including phenoxy) is 1. The van der Waals surface area contributed by atoms with E-state index >= 15 is 0 Å². The molecule has 1 saturated heterocycles. The van der Waals surface area contributed by atoms with Gasteiger partial charge in [0.25, 0.3) is 0 Å². The number of carbonyl (C=O) groups excluding carboxylic acids is 2. The average Bonchev–Trinajstić information content (AvgIpc) is 2.48. The molecule has 0 spiro atoms. The maximum Gasteiger partial charge on any atom is 0.243 e. The van der Waals surface area contributed by atoms with Crippen molar-refractivity contribution in [3.8, 4) is 0 Å². The summed E-state index contributed by atoms with van der Waals surface area (Å²) >= 11 is 0. The van der Waals surface area contributed by atoms with Gasteiger partial charge in [-0.15, -0.1) is 0 Å². The zero-order chi connectivity index (χ0) is 17.4. The van der Waals surface area contributed by atoms with Crippen molar-refractivity contribution in [1.29, 1.82) is 0 Å². The molecule has 0 aromatic rings. The van der Waals surface area contributed by atoms with Crippen LogP contribution in [-0.4, -0.2) is 87.6 Å². The summed E-state index contributed by atoms with van der Waals surface area (Å²) < 4.78 is 5.53. The molecule has 1 aliphatic rings. The molecule has 0 radical (unpaired) electrons. The number of aliphatic imine (C=N–C) groups is 1. The van der Waals surface area contributed by atoms with Gasteiger partial charge < -0.3 is 25.2 Å². The van der Waals surface area contributed by atoms with Crippen LogP contribution < -0.4 is 10.6 Å². The Morgan fingerprint density at radius 1 is 1.17 bits per heavy atom. The first-order valence-electron chi connectivity index (χ1n) is 7.86. The molecule has 0 aliphatic carbocycles. The number of carbonyl (C=O) groups is 2. The van der Waals surface area contributed by atoms with Crippen LogP contribution in [0.3, 0.4) is 0 Å². The van der Waals surface area contributed by atoms with Gasteiger partial charge in [0.05, 0.1) is 12.6 Å². The SMILES string of the molecule is CC1CC(NC(=NCC(=O)N(C)C)NCC(=O)N(C)C)CCO1. The summed E-state index contributed by atoms with van der Waals surface area (Å²) in [5.41, 5.74) is 0. The Labute approximate surface area is 138 Å². The first kappa shape index (κ1) is 19.2. The smallest absolute Gasteiger partial charge is 0.243 e. The molecule has 8 nitrogen and oxygen atoms in total. The monoisotopic (exact) mass is 327 g/mol. The lowest BCUT2D eigenvalue weighted by Gasteiger charge is -2.29. The van der Waals surface area contributed by atoms with Crippen LogP contribution in [0, 0.1) is 0 Å². The van der Waals surface area contributed by atoms with E-state index in [0.717, 1.165) is 12.8 Å². The van der Waals surface area contributed by atoms with Gasteiger partial charge in [-0.3, -0.25) is 9.59 Å². The number of rotatable bonds is 5. The number of hydrogen-bond donors (Lipinski definition) is 2. The van der Waals surface area contributed by atoms with E-state index < -0.39 is 0 Å². The van der Waals surface area contributed by atoms with Crippen LogP contribution in [0.15, 0.2) is 4.99 Å². The first-order valence-corrected chi connectivity index (χ1v) is 7.86. The highest BCUT2D eigenvalue weighted by Gasteiger charge is 2.20. The molecule has 0 aromatic heterocycles. The van der Waals surface area contributed by atoms with E-state index in [0.29, 0.717) is 12.6 Å². The van der Waals surface area contributed by atoms with Gasteiger partial charge in [0.1, 0.15) is 6.54 Å². The van der Waals surface area contributed by atoms with Crippen molar-refractivity contribution >= 4 is 17.8 Å². The van der Waals surface area contributed by atoms with E-state index in [1.165, 1.54) is 9.80 Å². The van der Waals surface area contributed by atoms with Crippen molar-refractivity contribution in [3.63, 3.8) is 0 Å². The second-order valence-electron chi connectivity index (χ2n) is 6.14. The van der Waals surface area contributed by atoms with Gasteiger partial charge in [0, 0.05) is 40.8 Å². The molecular weight excluding hydrogens is 298 g/mol. The maximum absolute atomic E-state index is 11.7. The molecule has 2 amide bonds. The number of hydrogen-bond acceptors (Lipinski definition) is 4. The van der Waals surface area contributed by atoms with Crippen LogP contribution in [0.2, 0.25) is 0 Å². The fraction of sp³-hybridized carbons (Fsp3) is 0.800. The molecule has 1 heterocycles. The van der Waals surface area contributed by atoms with Gasteiger partial charge in [-0.2, -0.15) is 0 Å². The molecule has 8 heteroatoms. The molecule has 132 valence electrons. The quantitative estimate of drug-likeness (QED) is 0.513. The normalized spacial score (nSPS) is 21.5.